The summed E-state index contributed by atoms with van der Waals surface area (Å²) in [5, 5.41) is 10.3. The maximum Gasteiger partial charge on any atom is 0.0934 e. The Morgan fingerprint density at radius 3 is 2.52 bits per heavy atom. The summed E-state index contributed by atoms with van der Waals surface area (Å²) >= 11 is 0. The van der Waals surface area contributed by atoms with Crippen LogP contribution in [-0.4, -0.2) is 11.2 Å². The van der Waals surface area contributed by atoms with Gasteiger partial charge in [-0.25, -0.2) is 0 Å². The lowest BCUT2D eigenvalue weighted by molar-refractivity contribution is 0.257. The zero-order chi connectivity index (χ0) is 15.8. The first kappa shape index (κ1) is 18.0. The summed E-state index contributed by atoms with van der Waals surface area (Å²) in [5.41, 5.74) is 3.74. The summed E-state index contributed by atoms with van der Waals surface area (Å²) in [6, 6.07) is 0. The van der Waals surface area contributed by atoms with Gasteiger partial charge in [0.15, 0.2) is 0 Å². The predicted molar refractivity (Wildman–Crippen MR) is 93.2 cm³/mol. The highest BCUT2D eigenvalue weighted by Gasteiger charge is 2.08. The van der Waals surface area contributed by atoms with Gasteiger partial charge in [-0.2, -0.15) is 0 Å². The molecule has 21 heavy (non-hydrogen) atoms. The van der Waals surface area contributed by atoms with Gasteiger partial charge in [-0.15, -0.1) is 0 Å². The molecular formula is C20H32O. The van der Waals surface area contributed by atoms with Crippen molar-refractivity contribution in [3.63, 3.8) is 0 Å². The zero-order valence-electron chi connectivity index (χ0n) is 14.4. The Bertz CT molecular complexity index is 435. The van der Waals surface area contributed by atoms with Crippen molar-refractivity contribution >= 4 is 0 Å². The molecule has 1 aliphatic carbocycles. The molecule has 0 aromatic rings. The Kier molecular flexibility index (Phi) is 7.74. The van der Waals surface area contributed by atoms with Gasteiger partial charge in [0.25, 0.3) is 0 Å². The molecule has 0 saturated heterocycles. The molecule has 0 saturated carbocycles. The molecule has 1 aliphatic rings. The number of rotatable bonds is 1. The fourth-order valence-electron chi connectivity index (χ4n) is 2.47. The average molecular weight is 288 g/mol. The Balaban J connectivity index is 3.00. The van der Waals surface area contributed by atoms with Gasteiger partial charge in [0, 0.05) is 0 Å². The second kappa shape index (κ2) is 9.04. The van der Waals surface area contributed by atoms with Gasteiger partial charge >= 0.3 is 0 Å². The van der Waals surface area contributed by atoms with Gasteiger partial charge in [0.1, 0.15) is 0 Å². The quantitative estimate of drug-likeness (QED) is 0.624. The molecule has 0 aromatic carbocycles. The van der Waals surface area contributed by atoms with E-state index in [9.17, 15) is 5.11 Å². The van der Waals surface area contributed by atoms with E-state index >= 15 is 0 Å². The minimum absolute atomic E-state index is 0.436. The normalized spacial score (nSPS) is 34.9. The molecule has 0 unspecified atom stereocenters. The monoisotopic (exact) mass is 288 g/mol. The van der Waals surface area contributed by atoms with E-state index in [0.29, 0.717) is 11.8 Å². The molecule has 2 atom stereocenters. The largest absolute Gasteiger partial charge is 0.385 e. The molecule has 1 heteroatoms. The molecule has 0 heterocycles. The average Bonchev–Trinajstić information content (AvgIpc) is 2.41. The van der Waals surface area contributed by atoms with E-state index < -0.39 is 6.10 Å². The van der Waals surface area contributed by atoms with Crippen LogP contribution in [0.2, 0.25) is 0 Å². The summed E-state index contributed by atoms with van der Waals surface area (Å²) < 4.78 is 0. The highest BCUT2D eigenvalue weighted by atomic mass is 16.3. The van der Waals surface area contributed by atoms with Gasteiger partial charge in [-0.3, -0.25) is 0 Å². The van der Waals surface area contributed by atoms with E-state index in [1.54, 1.807) is 0 Å². The fourth-order valence-corrected chi connectivity index (χ4v) is 2.47. The van der Waals surface area contributed by atoms with Crippen LogP contribution < -0.4 is 0 Å². The third-order valence-electron chi connectivity index (χ3n) is 4.22. The molecule has 118 valence electrons. The second-order valence-corrected chi connectivity index (χ2v) is 6.72. The number of hydrogen-bond acceptors (Lipinski definition) is 1. The zero-order valence-corrected chi connectivity index (χ0v) is 14.4. The van der Waals surface area contributed by atoms with Crippen molar-refractivity contribution < 1.29 is 5.11 Å². The summed E-state index contributed by atoms with van der Waals surface area (Å²) in [6.07, 6.45) is 15.0. The van der Waals surface area contributed by atoms with Crippen molar-refractivity contribution in [1.82, 2.24) is 0 Å². The van der Waals surface area contributed by atoms with Crippen LogP contribution in [0, 0.1) is 11.8 Å². The lowest BCUT2D eigenvalue weighted by atomic mass is 9.95. The van der Waals surface area contributed by atoms with Crippen LogP contribution in [-0.2, 0) is 0 Å². The second-order valence-electron chi connectivity index (χ2n) is 6.72. The van der Waals surface area contributed by atoms with Crippen molar-refractivity contribution in [1.29, 1.82) is 0 Å². The molecule has 0 bridgehead atoms. The van der Waals surface area contributed by atoms with Crippen molar-refractivity contribution in [2.45, 2.75) is 66.4 Å². The smallest absolute Gasteiger partial charge is 0.0934 e. The van der Waals surface area contributed by atoms with E-state index in [-0.39, 0.29) is 0 Å². The van der Waals surface area contributed by atoms with Crippen LogP contribution in [0.1, 0.15) is 60.3 Å². The molecule has 0 aliphatic heterocycles. The first-order valence-corrected chi connectivity index (χ1v) is 8.30. The molecule has 0 spiro atoms. The molecule has 0 radical (unpaired) electrons. The highest BCUT2D eigenvalue weighted by molar-refractivity contribution is 5.26. The van der Waals surface area contributed by atoms with Crippen molar-refractivity contribution in [2.24, 2.45) is 11.8 Å². The van der Waals surface area contributed by atoms with Crippen LogP contribution >= 0.6 is 0 Å². The fraction of sp³-hybridized carbons (Fsp3) is 0.600. The molecule has 1 N–H and O–H groups in total. The van der Waals surface area contributed by atoms with Crippen LogP contribution in [0.5, 0.6) is 0 Å². The van der Waals surface area contributed by atoms with Gasteiger partial charge < -0.3 is 5.11 Å². The summed E-state index contributed by atoms with van der Waals surface area (Å²) in [5.74, 6) is 1.01. The Labute approximate surface area is 131 Å². The topological polar surface area (TPSA) is 20.2 Å². The van der Waals surface area contributed by atoms with Crippen LogP contribution in [0.3, 0.4) is 0 Å². The molecule has 0 amide bonds. The van der Waals surface area contributed by atoms with Gasteiger partial charge in [0.05, 0.1) is 6.10 Å². The maximum atomic E-state index is 10.3. The summed E-state index contributed by atoms with van der Waals surface area (Å²) in [6.45, 7) is 10.9. The van der Waals surface area contributed by atoms with E-state index in [1.807, 2.05) is 13.0 Å². The van der Waals surface area contributed by atoms with Crippen LogP contribution in [0.25, 0.3) is 0 Å². The molecular weight excluding hydrogens is 256 g/mol. The van der Waals surface area contributed by atoms with Crippen LogP contribution in [0.15, 0.2) is 47.1 Å². The van der Waals surface area contributed by atoms with E-state index in [2.05, 4.69) is 52.0 Å². The number of hydrogen-bond donors (Lipinski definition) is 1. The molecule has 1 nitrogen and oxygen atoms in total. The first-order valence-electron chi connectivity index (χ1n) is 8.30. The minimum Gasteiger partial charge on any atom is -0.385 e. The summed E-state index contributed by atoms with van der Waals surface area (Å²) in [7, 11) is 0. The number of aliphatic hydroxyl groups is 1. The SMILES string of the molecule is C/C1=C\CC[C@H](C)/C=C/C(C(C)C)=C/[C@H](O)/C(C)=C/CC1. The summed E-state index contributed by atoms with van der Waals surface area (Å²) in [4.78, 5) is 0. The van der Waals surface area contributed by atoms with E-state index in [1.165, 1.54) is 17.6 Å². The molecule has 0 fully saturated rings. The standard InChI is InChI=1S/C20H32O/c1-15(2)19-13-12-17(4)9-6-8-16(3)10-7-11-18(5)20(21)14-19/h8,11-15,17,20-21H,6-7,9-10H2,1-5H3/b13-12+,16-8+,18-11+,19-14-/t17-,20-/m0/s1. The highest BCUT2D eigenvalue weighted by Crippen LogP contribution is 2.19. The maximum absolute atomic E-state index is 10.3. The van der Waals surface area contributed by atoms with Crippen molar-refractivity contribution in [2.75, 3.05) is 0 Å². The first-order chi connectivity index (χ1) is 9.90. The minimum atomic E-state index is -0.463. The van der Waals surface area contributed by atoms with Gasteiger partial charge in [-0.1, -0.05) is 50.6 Å². The third-order valence-corrected chi connectivity index (χ3v) is 4.22. The van der Waals surface area contributed by atoms with Crippen molar-refractivity contribution in [3.8, 4) is 0 Å². The van der Waals surface area contributed by atoms with Gasteiger partial charge in [-0.05, 0) is 68.6 Å². The van der Waals surface area contributed by atoms with Crippen LogP contribution in [0.4, 0.5) is 0 Å². The lowest BCUT2D eigenvalue weighted by Crippen LogP contribution is -2.07. The predicted octanol–water partition coefficient (Wildman–Crippen LogP) is 5.59. The third kappa shape index (κ3) is 6.95. The molecule has 0 aromatic heterocycles. The van der Waals surface area contributed by atoms with Crippen molar-refractivity contribution in [3.05, 3.63) is 47.1 Å². The lowest BCUT2D eigenvalue weighted by Gasteiger charge is -2.14. The Hall–Kier alpha value is -1.08. The Morgan fingerprint density at radius 2 is 1.86 bits per heavy atom. The molecule has 1 rings (SSSR count). The van der Waals surface area contributed by atoms with E-state index in [0.717, 1.165) is 24.8 Å². The number of allylic oxidation sites excluding steroid dienone is 6. The van der Waals surface area contributed by atoms with Gasteiger partial charge in [0.2, 0.25) is 0 Å². The van der Waals surface area contributed by atoms with E-state index in [4.69, 9.17) is 0 Å². The number of aliphatic hydroxyl groups excluding tert-OH is 1. The Morgan fingerprint density at radius 1 is 1.14 bits per heavy atom.